The number of furan rings is 1. The van der Waals surface area contributed by atoms with E-state index in [9.17, 15) is 9.59 Å². The molecule has 0 saturated carbocycles. The van der Waals surface area contributed by atoms with Gasteiger partial charge in [0.1, 0.15) is 10.6 Å². The molecular weight excluding hydrogens is 424 g/mol. The van der Waals surface area contributed by atoms with Crippen molar-refractivity contribution in [3.8, 4) is 11.3 Å². The second-order valence-electron chi connectivity index (χ2n) is 7.34. The van der Waals surface area contributed by atoms with Crippen LogP contribution in [0.4, 0.5) is 5.13 Å². The van der Waals surface area contributed by atoms with E-state index in [1.807, 2.05) is 30.3 Å². The van der Waals surface area contributed by atoms with E-state index in [1.165, 1.54) is 17.6 Å². The number of nitrogens with zero attached hydrogens (tertiary/aromatic N) is 4. The maximum absolute atomic E-state index is 13.2. The summed E-state index contributed by atoms with van der Waals surface area (Å²) in [5.74, 6) is 0.104. The molecule has 8 heteroatoms. The third-order valence-corrected chi connectivity index (χ3v) is 6.45. The molecule has 0 aliphatic carbocycles. The van der Waals surface area contributed by atoms with Crippen LogP contribution in [-0.2, 0) is 0 Å². The summed E-state index contributed by atoms with van der Waals surface area (Å²) in [6.07, 6.45) is 3.12. The molecule has 1 aliphatic rings. The number of carbonyl (C=O) groups is 2. The number of hydrogen-bond acceptors (Lipinski definition) is 7. The van der Waals surface area contributed by atoms with Gasteiger partial charge in [-0.05, 0) is 24.3 Å². The van der Waals surface area contributed by atoms with Crippen LogP contribution in [0.2, 0.25) is 0 Å². The molecule has 160 valence electrons. The fraction of sp³-hybridized carbons (Fsp3) is 0.167. The van der Waals surface area contributed by atoms with E-state index < -0.39 is 0 Å². The van der Waals surface area contributed by atoms with E-state index >= 15 is 0 Å². The average molecular weight is 445 g/mol. The van der Waals surface area contributed by atoms with Crippen LogP contribution in [0.3, 0.4) is 0 Å². The van der Waals surface area contributed by atoms with Crippen molar-refractivity contribution >= 4 is 28.2 Å². The number of hydrogen-bond donors (Lipinski definition) is 0. The van der Waals surface area contributed by atoms with E-state index in [0.29, 0.717) is 48.2 Å². The molecule has 3 aromatic heterocycles. The Morgan fingerprint density at radius 1 is 0.906 bits per heavy atom. The van der Waals surface area contributed by atoms with Crippen LogP contribution < -0.4 is 4.90 Å². The molecule has 1 fully saturated rings. The first-order valence-corrected chi connectivity index (χ1v) is 11.1. The SMILES string of the molecule is O=C(c1ccccn1)c1sc(N2CCN(C(=O)c3ccco3)CC2)nc1-c1ccccc1. The van der Waals surface area contributed by atoms with Crippen LogP contribution in [-0.4, -0.2) is 52.7 Å². The zero-order valence-electron chi connectivity index (χ0n) is 17.2. The van der Waals surface area contributed by atoms with Crippen LogP contribution in [0.5, 0.6) is 0 Å². The first-order chi connectivity index (χ1) is 15.7. The Kier molecular flexibility index (Phi) is 5.51. The van der Waals surface area contributed by atoms with E-state index in [1.54, 1.807) is 41.4 Å². The highest BCUT2D eigenvalue weighted by atomic mass is 32.1. The molecule has 32 heavy (non-hydrogen) atoms. The third kappa shape index (κ3) is 3.92. The monoisotopic (exact) mass is 444 g/mol. The van der Waals surface area contributed by atoms with E-state index in [0.717, 1.165) is 10.7 Å². The lowest BCUT2D eigenvalue weighted by Crippen LogP contribution is -2.48. The normalized spacial score (nSPS) is 13.9. The maximum Gasteiger partial charge on any atom is 0.289 e. The number of pyridine rings is 1. The van der Waals surface area contributed by atoms with Gasteiger partial charge in [0.2, 0.25) is 5.78 Å². The van der Waals surface area contributed by atoms with Gasteiger partial charge in [-0.25, -0.2) is 4.98 Å². The van der Waals surface area contributed by atoms with E-state index in [-0.39, 0.29) is 11.7 Å². The molecule has 7 nitrogen and oxygen atoms in total. The van der Waals surface area contributed by atoms with Gasteiger partial charge in [-0.2, -0.15) is 0 Å². The minimum absolute atomic E-state index is 0.107. The second kappa shape index (κ2) is 8.76. The van der Waals surface area contributed by atoms with Crippen molar-refractivity contribution < 1.29 is 14.0 Å². The van der Waals surface area contributed by atoms with Gasteiger partial charge in [-0.1, -0.05) is 47.7 Å². The molecule has 1 amide bonds. The Hall–Kier alpha value is -3.78. The number of benzene rings is 1. The first kappa shape index (κ1) is 20.1. The highest BCUT2D eigenvalue weighted by Gasteiger charge is 2.28. The lowest BCUT2D eigenvalue weighted by atomic mass is 10.1. The van der Waals surface area contributed by atoms with Gasteiger partial charge in [0.25, 0.3) is 5.91 Å². The van der Waals surface area contributed by atoms with Gasteiger partial charge < -0.3 is 14.2 Å². The molecule has 4 aromatic rings. The summed E-state index contributed by atoms with van der Waals surface area (Å²) in [6, 6.07) is 18.4. The highest BCUT2D eigenvalue weighted by molar-refractivity contribution is 7.18. The number of anilines is 1. The summed E-state index contributed by atoms with van der Waals surface area (Å²) >= 11 is 1.37. The predicted molar refractivity (Wildman–Crippen MR) is 122 cm³/mol. The summed E-state index contributed by atoms with van der Waals surface area (Å²) in [4.78, 5) is 39.3. The quantitative estimate of drug-likeness (QED) is 0.433. The van der Waals surface area contributed by atoms with Crippen LogP contribution in [0.1, 0.15) is 25.9 Å². The van der Waals surface area contributed by atoms with Crippen molar-refractivity contribution in [2.75, 3.05) is 31.1 Å². The number of aromatic nitrogens is 2. The van der Waals surface area contributed by atoms with Crippen molar-refractivity contribution in [3.05, 3.63) is 89.5 Å². The maximum atomic E-state index is 13.2. The van der Waals surface area contributed by atoms with Crippen LogP contribution in [0, 0.1) is 0 Å². The number of piperazine rings is 1. The molecule has 0 radical (unpaired) electrons. The lowest BCUT2D eigenvalue weighted by molar-refractivity contribution is 0.0714. The molecule has 0 atom stereocenters. The minimum atomic E-state index is -0.139. The van der Waals surface area contributed by atoms with Gasteiger partial charge in [0.15, 0.2) is 10.9 Å². The summed E-state index contributed by atoms with van der Waals surface area (Å²) in [5.41, 5.74) is 1.95. The molecule has 1 saturated heterocycles. The fourth-order valence-corrected chi connectivity index (χ4v) is 4.75. The first-order valence-electron chi connectivity index (χ1n) is 10.3. The van der Waals surface area contributed by atoms with Crippen molar-refractivity contribution in [3.63, 3.8) is 0 Å². The van der Waals surface area contributed by atoms with E-state index in [4.69, 9.17) is 9.40 Å². The van der Waals surface area contributed by atoms with Gasteiger partial charge in [-0.15, -0.1) is 0 Å². The van der Waals surface area contributed by atoms with Crippen molar-refractivity contribution in [1.29, 1.82) is 0 Å². The topological polar surface area (TPSA) is 79.5 Å². The summed E-state index contributed by atoms with van der Waals surface area (Å²) in [5, 5.41) is 0.772. The Morgan fingerprint density at radius 3 is 2.38 bits per heavy atom. The van der Waals surface area contributed by atoms with Crippen LogP contribution in [0.15, 0.2) is 77.5 Å². The lowest BCUT2D eigenvalue weighted by Gasteiger charge is -2.34. The summed E-state index contributed by atoms with van der Waals surface area (Å²) in [6.45, 7) is 2.38. The number of thiazole rings is 1. The largest absolute Gasteiger partial charge is 0.459 e. The summed E-state index contributed by atoms with van der Waals surface area (Å²) < 4.78 is 5.24. The molecule has 1 aliphatic heterocycles. The number of carbonyl (C=O) groups excluding carboxylic acids is 2. The third-order valence-electron chi connectivity index (χ3n) is 5.34. The number of rotatable bonds is 5. The Morgan fingerprint density at radius 2 is 1.69 bits per heavy atom. The highest BCUT2D eigenvalue weighted by Crippen LogP contribution is 2.35. The van der Waals surface area contributed by atoms with Crippen LogP contribution >= 0.6 is 11.3 Å². The molecule has 5 rings (SSSR count). The van der Waals surface area contributed by atoms with Crippen molar-refractivity contribution in [2.24, 2.45) is 0 Å². The zero-order valence-corrected chi connectivity index (χ0v) is 18.0. The van der Waals surface area contributed by atoms with Crippen molar-refractivity contribution in [1.82, 2.24) is 14.9 Å². The zero-order chi connectivity index (χ0) is 21.9. The Balaban J connectivity index is 1.41. The molecule has 0 N–H and O–H groups in total. The second-order valence-corrected chi connectivity index (χ2v) is 8.32. The molecule has 0 spiro atoms. The van der Waals surface area contributed by atoms with Gasteiger partial charge in [0, 0.05) is 37.9 Å². The van der Waals surface area contributed by atoms with E-state index in [2.05, 4.69) is 9.88 Å². The fourth-order valence-electron chi connectivity index (χ4n) is 3.66. The molecule has 4 heterocycles. The Labute approximate surface area is 189 Å². The molecule has 0 unspecified atom stereocenters. The van der Waals surface area contributed by atoms with Crippen molar-refractivity contribution in [2.45, 2.75) is 0 Å². The number of amides is 1. The van der Waals surface area contributed by atoms with Gasteiger partial charge in [-0.3, -0.25) is 14.6 Å². The molecular formula is C24H20N4O3S. The standard InChI is InChI=1S/C24H20N4O3S/c29-21(18-9-4-5-11-25-18)22-20(17-7-2-1-3-8-17)26-24(32-22)28-14-12-27(13-15-28)23(30)19-10-6-16-31-19/h1-11,16H,12-15H2. The smallest absolute Gasteiger partial charge is 0.289 e. The van der Waals surface area contributed by atoms with Gasteiger partial charge in [0.05, 0.1) is 12.0 Å². The molecule has 0 bridgehead atoms. The Bertz CT molecular complexity index is 1210. The minimum Gasteiger partial charge on any atom is -0.459 e. The molecule has 1 aromatic carbocycles. The summed E-state index contributed by atoms with van der Waals surface area (Å²) in [7, 11) is 0. The van der Waals surface area contributed by atoms with Crippen LogP contribution in [0.25, 0.3) is 11.3 Å². The van der Waals surface area contributed by atoms with Gasteiger partial charge >= 0.3 is 0 Å². The number of ketones is 1. The predicted octanol–water partition coefficient (Wildman–Crippen LogP) is 3.99. The average Bonchev–Trinajstić information content (AvgIpc) is 3.55.